The van der Waals surface area contributed by atoms with Gasteiger partial charge in [0, 0.05) is 18.8 Å². The summed E-state index contributed by atoms with van der Waals surface area (Å²) in [5.41, 5.74) is 4.85. The Kier molecular flexibility index (Phi) is 6.96. The molecule has 2 fully saturated rings. The molecule has 1 saturated heterocycles. The van der Waals surface area contributed by atoms with Crippen LogP contribution in [-0.2, 0) is 17.6 Å². The van der Waals surface area contributed by atoms with Gasteiger partial charge in [-0.1, -0.05) is 43.2 Å². The molecule has 3 aliphatic rings. The van der Waals surface area contributed by atoms with Crippen molar-refractivity contribution in [1.29, 1.82) is 0 Å². The fourth-order valence-electron chi connectivity index (χ4n) is 5.77. The number of carboxylic acid groups (broad SMARTS) is 1. The molecule has 1 aromatic heterocycles. The minimum Gasteiger partial charge on any atom is -0.480 e. The third-order valence-electron chi connectivity index (χ3n) is 7.72. The number of unbranched alkanes of at least 4 members (excludes halogenated alkanes) is 2. The van der Waals surface area contributed by atoms with Gasteiger partial charge < -0.3 is 10.4 Å². The Morgan fingerprint density at radius 2 is 2.00 bits per heavy atom. The lowest BCUT2D eigenvalue weighted by atomic mass is 9.96. The van der Waals surface area contributed by atoms with Crippen LogP contribution in [-0.4, -0.2) is 40.6 Å². The summed E-state index contributed by atoms with van der Waals surface area (Å²) in [6, 6.07) is 12.2. The van der Waals surface area contributed by atoms with Crippen LogP contribution in [0.2, 0.25) is 0 Å². The lowest BCUT2D eigenvalue weighted by molar-refractivity contribution is -0.143. The SMILES string of the molecule is O=C(O)C(c1ccccc1C1CC1)N1CC[C@@H](CCCCCc2ccc3c(n2)NCCC3)C1. The molecule has 5 nitrogen and oxygen atoms in total. The quantitative estimate of drug-likeness (QED) is 0.466. The van der Waals surface area contributed by atoms with Crippen molar-refractivity contribution in [1.82, 2.24) is 9.88 Å². The zero-order chi connectivity index (χ0) is 22.6. The van der Waals surface area contributed by atoms with Crippen LogP contribution in [0.5, 0.6) is 0 Å². The van der Waals surface area contributed by atoms with Crippen LogP contribution in [0, 0.1) is 5.92 Å². The molecule has 1 aliphatic carbocycles. The number of aromatic nitrogens is 1. The van der Waals surface area contributed by atoms with E-state index in [4.69, 9.17) is 4.98 Å². The van der Waals surface area contributed by atoms with Gasteiger partial charge in [0.2, 0.25) is 0 Å². The number of aryl methyl sites for hydroxylation is 2. The smallest absolute Gasteiger partial charge is 0.325 e. The Morgan fingerprint density at radius 3 is 2.85 bits per heavy atom. The molecule has 2 aliphatic heterocycles. The first kappa shape index (κ1) is 22.4. The number of benzene rings is 1. The Morgan fingerprint density at radius 1 is 1.12 bits per heavy atom. The highest BCUT2D eigenvalue weighted by molar-refractivity contribution is 5.76. The van der Waals surface area contributed by atoms with Crippen molar-refractivity contribution in [3.8, 4) is 0 Å². The van der Waals surface area contributed by atoms with Crippen molar-refractivity contribution in [2.75, 3.05) is 25.0 Å². The Labute approximate surface area is 197 Å². The van der Waals surface area contributed by atoms with Crippen LogP contribution in [0.1, 0.15) is 85.7 Å². The number of pyridine rings is 1. The number of carboxylic acids is 1. The van der Waals surface area contributed by atoms with Crippen molar-refractivity contribution >= 4 is 11.8 Å². The van der Waals surface area contributed by atoms with Gasteiger partial charge in [0.1, 0.15) is 11.9 Å². The van der Waals surface area contributed by atoms with E-state index in [1.54, 1.807) is 0 Å². The standard InChI is InChI=1S/C28H37N3O2/c32-28(33)26(25-11-5-4-10-24(25)21-12-13-21)31-18-16-20(19-31)7-2-1-3-9-23-15-14-22-8-6-17-29-27(22)30-23/h4-5,10-11,14-15,20-21,26H,1-3,6-9,12-13,16-19H2,(H,29,30)(H,32,33)/t20-,26?/m1/s1. The van der Waals surface area contributed by atoms with E-state index in [9.17, 15) is 9.90 Å². The molecule has 5 rings (SSSR count). The second kappa shape index (κ2) is 10.3. The van der Waals surface area contributed by atoms with Crippen LogP contribution < -0.4 is 5.32 Å². The average molecular weight is 448 g/mol. The summed E-state index contributed by atoms with van der Waals surface area (Å²) < 4.78 is 0. The van der Waals surface area contributed by atoms with E-state index in [0.29, 0.717) is 11.8 Å². The molecule has 176 valence electrons. The summed E-state index contributed by atoms with van der Waals surface area (Å²) in [6.07, 6.45) is 11.7. The van der Waals surface area contributed by atoms with Crippen molar-refractivity contribution < 1.29 is 9.90 Å². The molecule has 2 aromatic rings. The molecular weight excluding hydrogens is 410 g/mol. The van der Waals surface area contributed by atoms with Gasteiger partial charge in [-0.3, -0.25) is 9.69 Å². The van der Waals surface area contributed by atoms with E-state index in [1.165, 1.54) is 61.8 Å². The third-order valence-corrected chi connectivity index (χ3v) is 7.72. The van der Waals surface area contributed by atoms with Crippen molar-refractivity contribution in [3.63, 3.8) is 0 Å². The Hall–Kier alpha value is -2.40. The molecule has 0 spiro atoms. The predicted octanol–water partition coefficient (Wildman–Crippen LogP) is 5.57. The lowest BCUT2D eigenvalue weighted by Gasteiger charge is -2.26. The number of aliphatic carboxylic acids is 1. The number of fused-ring (bicyclic) bond motifs is 1. The topological polar surface area (TPSA) is 65.5 Å². The largest absolute Gasteiger partial charge is 0.480 e. The van der Waals surface area contributed by atoms with E-state index in [2.05, 4.69) is 34.5 Å². The van der Waals surface area contributed by atoms with Gasteiger partial charge >= 0.3 is 5.97 Å². The normalized spacial score (nSPS) is 21.4. The van der Waals surface area contributed by atoms with Gasteiger partial charge in [0.25, 0.3) is 0 Å². The number of likely N-dealkylation sites (tertiary alicyclic amines) is 1. The monoisotopic (exact) mass is 447 g/mol. The van der Waals surface area contributed by atoms with Crippen molar-refractivity contribution in [2.24, 2.45) is 5.92 Å². The van der Waals surface area contributed by atoms with E-state index in [1.807, 2.05) is 12.1 Å². The van der Waals surface area contributed by atoms with Gasteiger partial charge in [-0.05, 0) is 92.5 Å². The molecule has 3 heterocycles. The maximum atomic E-state index is 12.3. The minimum absolute atomic E-state index is 0.490. The summed E-state index contributed by atoms with van der Waals surface area (Å²) >= 11 is 0. The first-order valence-corrected chi connectivity index (χ1v) is 13.0. The molecule has 2 atom stereocenters. The minimum atomic E-state index is -0.698. The number of nitrogens with one attached hydrogen (secondary N) is 1. The highest BCUT2D eigenvalue weighted by Crippen LogP contribution is 2.44. The zero-order valence-electron chi connectivity index (χ0n) is 19.6. The number of hydrogen-bond acceptors (Lipinski definition) is 4. The first-order chi connectivity index (χ1) is 16.2. The number of rotatable bonds is 10. The second-order valence-electron chi connectivity index (χ2n) is 10.2. The number of hydrogen-bond donors (Lipinski definition) is 2. The highest BCUT2D eigenvalue weighted by atomic mass is 16.4. The zero-order valence-corrected chi connectivity index (χ0v) is 19.6. The summed E-state index contributed by atoms with van der Waals surface area (Å²) in [4.78, 5) is 19.3. The van der Waals surface area contributed by atoms with Gasteiger partial charge in [-0.25, -0.2) is 4.98 Å². The Bertz CT molecular complexity index is 971. The average Bonchev–Trinajstić information content (AvgIpc) is 3.58. The molecule has 1 aromatic carbocycles. The van der Waals surface area contributed by atoms with Crippen molar-refractivity contribution in [2.45, 2.75) is 76.2 Å². The fourth-order valence-corrected chi connectivity index (χ4v) is 5.77. The van der Waals surface area contributed by atoms with E-state index in [0.717, 1.165) is 50.3 Å². The van der Waals surface area contributed by atoms with Gasteiger partial charge in [0.05, 0.1) is 0 Å². The summed E-state index contributed by atoms with van der Waals surface area (Å²) in [6.45, 7) is 2.84. The van der Waals surface area contributed by atoms with Gasteiger partial charge in [0.15, 0.2) is 0 Å². The number of anilines is 1. The van der Waals surface area contributed by atoms with Crippen LogP contribution in [0.3, 0.4) is 0 Å². The van der Waals surface area contributed by atoms with Gasteiger partial charge in [-0.2, -0.15) is 0 Å². The van der Waals surface area contributed by atoms with E-state index in [-0.39, 0.29) is 0 Å². The molecule has 0 radical (unpaired) electrons. The third kappa shape index (κ3) is 5.40. The lowest BCUT2D eigenvalue weighted by Crippen LogP contribution is -2.33. The molecule has 0 bridgehead atoms. The molecular formula is C28H37N3O2. The maximum Gasteiger partial charge on any atom is 0.325 e. The van der Waals surface area contributed by atoms with Gasteiger partial charge in [-0.15, -0.1) is 0 Å². The summed E-state index contributed by atoms with van der Waals surface area (Å²) in [7, 11) is 0. The summed E-state index contributed by atoms with van der Waals surface area (Å²) in [5.74, 6) is 1.59. The molecule has 2 N–H and O–H groups in total. The molecule has 1 saturated carbocycles. The van der Waals surface area contributed by atoms with Crippen LogP contribution in [0.15, 0.2) is 36.4 Å². The summed E-state index contributed by atoms with van der Waals surface area (Å²) in [5, 5.41) is 13.5. The number of carbonyl (C=O) groups is 1. The maximum absolute atomic E-state index is 12.3. The van der Waals surface area contributed by atoms with E-state index >= 15 is 0 Å². The number of nitrogens with zero attached hydrogens (tertiary/aromatic N) is 2. The molecule has 5 heteroatoms. The first-order valence-electron chi connectivity index (χ1n) is 13.0. The molecule has 33 heavy (non-hydrogen) atoms. The Balaban J connectivity index is 1.08. The van der Waals surface area contributed by atoms with Crippen LogP contribution in [0.25, 0.3) is 0 Å². The fraction of sp³-hybridized carbons (Fsp3) is 0.571. The van der Waals surface area contributed by atoms with Crippen LogP contribution >= 0.6 is 0 Å². The van der Waals surface area contributed by atoms with Crippen LogP contribution in [0.4, 0.5) is 5.82 Å². The van der Waals surface area contributed by atoms with E-state index < -0.39 is 12.0 Å². The molecule has 1 unspecified atom stereocenters. The predicted molar refractivity (Wildman–Crippen MR) is 132 cm³/mol. The highest BCUT2D eigenvalue weighted by Gasteiger charge is 2.37. The molecule has 0 amide bonds. The van der Waals surface area contributed by atoms with Crippen molar-refractivity contribution in [3.05, 3.63) is 58.8 Å². The second-order valence-corrected chi connectivity index (χ2v) is 10.2.